The molecular formula is C12H5Cl5O2. The molecule has 0 atom stereocenters. The van der Waals surface area contributed by atoms with Gasteiger partial charge in [0.25, 0.3) is 0 Å². The van der Waals surface area contributed by atoms with Crippen molar-refractivity contribution >= 4 is 58.0 Å². The predicted molar refractivity (Wildman–Crippen MR) is 80.3 cm³/mol. The summed E-state index contributed by atoms with van der Waals surface area (Å²) >= 11 is 29.5. The van der Waals surface area contributed by atoms with Crippen LogP contribution in [0.2, 0.25) is 25.1 Å². The van der Waals surface area contributed by atoms with Crippen molar-refractivity contribution in [2.45, 2.75) is 0 Å². The van der Waals surface area contributed by atoms with Crippen LogP contribution in [0.1, 0.15) is 0 Å². The molecule has 100 valence electrons. The minimum Gasteiger partial charge on any atom is -0.505 e. The van der Waals surface area contributed by atoms with Gasteiger partial charge in [-0.3, -0.25) is 0 Å². The molecule has 2 aromatic carbocycles. The van der Waals surface area contributed by atoms with Crippen LogP contribution in [0.15, 0.2) is 18.2 Å². The highest BCUT2D eigenvalue weighted by Gasteiger charge is 2.19. The van der Waals surface area contributed by atoms with Crippen LogP contribution >= 0.6 is 58.0 Å². The molecule has 0 saturated carbocycles. The SMILES string of the molecule is Oc1c(Cl)ccc(-c2cc(Cl)c(O)c(Cl)c2Cl)c1Cl. The predicted octanol–water partition coefficient (Wildman–Crippen LogP) is 6.03. The van der Waals surface area contributed by atoms with E-state index in [1.54, 1.807) is 6.07 Å². The molecule has 0 spiro atoms. The third-order valence-corrected chi connectivity index (χ3v) is 4.32. The Hall–Kier alpha value is -0.510. The highest BCUT2D eigenvalue weighted by atomic mass is 35.5. The molecule has 0 saturated heterocycles. The first kappa shape index (κ1) is 14.9. The van der Waals surface area contributed by atoms with Crippen LogP contribution in [0.25, 0.3) is 11.1 Å². The molecule has 2 aromatic rings. The summed E-state index contributed by atoms with van der Waals surface area (Å²) in [6, 6.07) is 4.43. The van der Waals surface area contributed by atoms with Crippen molar-refractivity contribution in [2.75, 3.05) is 0 Å². The largest absolute Gasteiger partial charge is 0.505 e. The van der Waals surface area contributed by atoms with Crippen LogP contribution in [0.3, 0.4) is 0 Å². The van der Waals surface area contributed by atoms with E-state index in [-0.39, 0.29) is 36.6 Å². The fourth-order valence-corrected chi connectivity index (χ4v) is 2.70. The van der Waals surface area contributed by atoms with E-state index < -0.39 is 0 Å². The average molecular weight is 358 g/mol. The van der Waals surface area contributed by atoms with E-state index in [1.165, 1.54) is 12.1 Å². The first-order valence-electron chi connectivity index (χ1n) is 4.88. The van der Waals surface area contributed by atoms with E-state index in [4.69, 9.17) is 58.0 Å². The summed E-state index contributed by atoms with van der Waals surface area (Å²) in [5.41, 5.74) is 0.781. The normalized spacial score (nSPS) is 10.8. The van der Waals surface area contributed by atoms with Gasteiger partial charge in [-0.05, 0) is 12.1 Å². The molecular weight excluding hydrogens is 353 g/mol. The van der Waals surface area contributed by atoms with Gasteiger partial charge < -0.3 is 10.2 Å². The number of hydrogen-bond donors (Lipinski definition) is 2. The molecule has 0 heterocycles. The molecule has 2 rings (SSSR count). The number of rotatable bonds is 1. The second-order valence-corrected chi connectivity index (χ2v) is 5.59. The van der Waals surface area contributed by atoms with Gasteiger partial charge in [0.1, 0.15) is 5.02 Å². The van der Waals surface area contributed by atoms with Crippen LogP contribution in [-0.4, -0.2) is 10.2 Å². The number of hydrogen-bond acceptors (Lipinski definition) is 2. The Balaban J connectivity index is 2.77. The Morgan fingerprint density at radius 3 is 1.84 bits per heavy atom. The second-order valence-electron chi connectivity index (χ2n) is 3.64. The smallest absolute Gasteiger partial charge is 0.154 e. The van der Waals surface area contributed by atoms with Crippen molar-refractivity contribution in [3.05, 3.63) is 43.3 Å². The lowest BCUT2D eigenvalue weighted by molar-refractivity contribution is 0.476. The van der Waals surface area contributed by atoms with Crippen molar-refractivity contribution in [3.8, 4) is 22.6 Å². The Morgan fingerprint density at radius 1 is 0.632 bits per heavy atom. The summed E-state index contributed by atoms with van der Waals surface area (Å²) in [5.74, 6) is -0.580. The molecule has 0 aliphatic carbocycles. The first-order chi connectivity index (χ1) is 8.84. The van der Waals surface area contributed by atoms with Crippen molar-refractivity contribution < 1.29 is 10.2 Å². The molecule has 0 radical (unpaired) electrons. The molecule has 0 amide bonds. The fourth-order valence-electron chi connectivity index (χ4n) is 1.53. The van der Waals surface area contributed by atoms with E-state index >= 15 is 0 Å². The lowest BCUT2D eigenvalue weighted by atomic mass is 10.0. The van der Waals surface area contributed by atoms with Gasteiger partial charge in [0.05, 0.1) is 20.1 Å². The van der Waals surface area contributed by atoms with Crippen LogP contribution in [-0.2, 0) is 0 Å². The zero-order chi connectivity index (χ0) is 14.3. The maximum atomic E-state index is 9.71. The summed E-state index contributed by atoms with van der Waals surface area (Å²) in [4.78, 5) is 0. The van der Waals surface area contributed by atoms with Crippen LogP contribution in [0.4, 0.5) is 0 Å². The summed E-state index contributed by atoms with van der Waals surface area (Å²) in [7, 11) is 0. The highest BCUT2D eigenvalue weighted by Crippen LogP contribution is 2.47. The number of aromatic hydroxyl groups is 2. The van der Waals surface area contributed by atoms with E-state index in [9.17, 15) is 10.2 Å². The summed E-state index contributed by atoms with van der Waals surface area (Å²) < 4.78 is 0. The maximum absolute atomic E-state index is 9.71. The molecule has 0 aliphatic heterocycles. The first-order valence-corrected chi connectivity index (χ1v) is 6.77. The number of phenols is 2. The van der Waals surface area contributed by atoms with Gasteiger partial charge in [0, 0.05) is 11.1 Å². The zero-order valence-electron chi connectivity index (χ0n) is 9.02. The molecule has 0 aliphatic rings. The Kier molecular flexibility index (Phi) is 4.29. The van der Waals surface area contributed by atoms with Gasteiger partial charge in [-0.1, -0.05) is 64.1 Å². The molecule has 0 fully saturated rings. The Morgan fingerprint density at radius 2 is 1.21 bits per heavy atom. The monoisotopic (exact) mass is 356 g/mol. The van der Waals surface area contributed by atoms with Crippen molar-refractivity contribution in [1.29, 1.82) is 0 Å². The second kappa shape index (κ2) is 5.47. The van der Waals surface area contributed by atoms with E-state index in [0.717, 1.165) is 0 Å². The minimum absolute atomic E-state index is 0.0206. The quantitative estimate of drug-likeness (QED) is 0.611. The van der Waals surface area contributed by atoms with Gasteiger partial charge in [0.15, 0.2) is 11.5 Å². The van der Waals surface area contributed by atoms with Gasteiger partial charge >= 0.3 is 0 Å². The number of benzene rings is 2. The number of halogens is 5. The molecule has 0 unspecified atom stereocenters. The molecule has 19 heavy (non-hydrogen) atoms. The fraction of sp³-hybridized carbons (Fsp3) is 0. The van der Waals surface area contributed by atoms with Crippen LogP contribution < -0.4 is 0 Å². The average Bonchev–Trinajstić information content (AvgIpc) is 2.39. The standard InChI is InChI=1S/C12H5Cl5O2/c13-6-2-1-4(9(16)11(6)18)5-3-7(14)12(19)10(17)8(5)15/h1-3,18-19H. The van der Waals surface area contributed by atoms with Gasteiger partial charge in [0.2, 0.25) is 0 Å². The topological polar surface area (TPSA) is 40.5 Å². The lowest BCUT2D eigenvalue weighted by Gasteiger charge is -2.12. The van der Waals surface area contributed by atoms with Crippen LogP contribution in [0, 0.1) is 0 Å². The number of phenolic OH excluding ortho intramolecular Hbond substituents is 2. The zero-order valence-corrected chi connectivity index (χ0v) is 12.8. The maximum Gasteiger partial charge on any atom is 0.154 e. The lowest BCUT2D eigenvalue weighted by Crippen LogP contribution is -1.85. The van der Waals surface area contributed by atoms with Gasteiger partial charge in [-0.2, -0.15) is 0 Å². The minimum atomic E-state index is -0.314. The van der Waals surface area contributed by atoms with E-state index in [2.05, 4.69) is 0 Å². The highest BCUT2D eigenvalue weighted by molar-refractivity contribution is 6.47. The summed E-state index contributed by atoms with van der Waals surface area (Å²) in [6.45, 7) is 0. The summed E-state index contributed by atoms with van der Waals surface area (Å²) in [6.07, 6.45) is 0. The van der Waals surface area contributed by atoms with Gasteiger partial charge in [-0.25, -0.2) is 0 Å². The van der Waals surface area contributed by atoms with E-state index in [1.807, 2.05) is 0 Å². The van der Waals surface area contributed by atoms with Crippen LogP contribution in [0.5, 0.6) is 11.5 Å². The summed E-state index contributed by atoms with van der Waals surface area (Å²) in [5, 5.41) is 19.4. The molecule has 0 bridgehead atoms. The molecule has 7 heteroatoms. The molecule has 2 nitrogen and oxygen atoms in total. The van der Waals surface area contributed by atoms with Gasteiger partial charge in [-0.15, -0.1) is 0 Å². The van der Waals surface area contributed by atoms with Crippen molar-refractivity contribution in [2.24, 2.45) is 0 Å². The van der Waals surface area contributed by atoms with Crippen molar-refractivity contribution in [3.63, 3.8) is 0 Å². The Bertz CT molecular complexity index is 670. The third-order valence-electron chi connectivity index (χ3n) is 2.49. The Labute approximate surface area is 134 Å². The molecule has 0 aromatic heterocycles. The molecule has 2 N–H and O–H groups in total. The van der Waals surface area contributed by atoms with Crippen molar-refractivity contribution in [1.82, 2.24) is 0 Å². The van der Waals surface area contributed by atoms with E-state index in [0.29, 0.717) is 11.1 Å². The third kappa shape index (κ3) is 2.56.